The van der Waals surface area contributed by atoms with Crippen LogP contribution in [-0.4, -0.2) is 25.2 Å². The van der Waals surface area contributed by atoms with Gasteiger partial charge in [0, 0.05) is 17.8 Å². The normalized spacial score (nSPS) is 11.9. The molecule has 6 nitrogen and oxygen atoms in total. The second-order valence-electron chi connectivity index (χ2n) is 6.20. The molecular formula is C21H18N2O4S. The highest BCUT2D eigenvalue weighted by molar-refractivity contribution is 7.12. The third-order valence-corrected chi connectivity index (χ3v) is 5.15. The van der Waals surface area contributed by atoms with Crippen molar-refractivity contribution in [1.82, 2.24) is 5.32 Å². The fourth-order valence-corrected chi connectivity index (χ4v) is 3.44. The van der Waals surface area contributed by atoms with Crippen LogP contribution < -0.4 is 20.1 Å². The number of fused-ring (bicyclic) bond motifs is 1. The molecule has 7 heteroatoms. The molecule has 3 aromatic rings. The lowest BCUT2D eigenvalue weighted by molar-refractivity contribution is 0.0953. The van der Waals surface area contributed by atoms with Gasteiger partial charge >= 0.3 is 0 Å². The molecule has 2 N–H and O–H groups in total. The van der Waals surface area contributed by atoms with E-state index in [9.17, 15) is 9.59 Å². The van der Waals surface area contributed by atoms with Gasteiger partial charge in [-0.15, -0.1) is 11.3 Å². The Morgan fingerprint density at radius 3 is 2.57 bits per heavy atom. The van der Waals surface area contributed by atoms with Gasteiger partial charge in [-0.05, 0) is 59.8 Å². The van der Waals surface area contributed by atoms with E-state index in [4.69, 9.17) is 9.47 Å². The van der Waals surface area contributed by atoms with E-state index in [-0.39, 0.29) is 18.6 Å². The van der Waals surface area contributed by atoms with Gasteiger partial charge in [0.15, 0.2) is 11.5 Å². The molecular weight excluding hydrogens is 376 g/mol. The smallest absolute Gasteiger partial charge is 0.265 e. The van der Waals surface area contributed by atoms with Gasteiger partial charge in [0.25, 0.3) is 11.8 Å². The number of carbonyl (C=O) groups excluding carboxylic acids is 2. The van der Waals surface area contributed by atoms with Crippen LogP contribution in [0.3, 0.4) is 0 Å². The molecule has 1 aliphatic heterocycles. The third-order valence-electron chi connectivity index (χ3n) is 4.29. The van der Waals surface area contributed by atoms with Crippen molar-refractivity contribution in [2.24, 2.45) is 0 Å². The number of ether oxygens (including phenoxy) is 2. The first kappa shape index (κ1) is 18.1. The summed E-state index contributed by atoms with van der Waals surface area (Å²) in [5.41, 5.74) is 2.26. The molecule has 4 rings (SSSR count). The molecule has 2 heterocycles. The summed E-state index contributed by atoms with van der Waals surface area (Å²) in [6.45, 7) is 0.759. The second-order valence-corrected chi connectivity index (χ2v) is 7.15. The maximum absolute atomic E-state index is 12.3. The van der Waals surface area contributed by atoms with Crippen LogP contribution in [0.1, 0.15) is 25.6 Å². The molecule has 28 heavy (non-hydrogen) atoms. The maximum Gasteiger partial charge on any atom is 0.265 e. The average molecular weight is 394 g/mol. The van der Waals surface area contributed by atoms with Crippen LogP contribution in [0.5, 0.6) is 11.5 Å². The molecule has 142 valence electrons. The lowest BCUT2D eigenvalue weighted by Gasteiger charge is -2.08. The maximum atomic E-state index is 12.3. The van der Waals surface area contributed by atoms with Gasteiger partial charge in [-0.25, -0.2) is 0 Å². The number of rotatable bonds is 6. The highest BCUT2D eigenvalue weighted by Gasteiger charge is 2.13. The summed E-state index contributed by atoms with van der Waals surface area (Å²) in [5, 5.41) is 7.57. The number of amides is 2. The molecule has 0 bridgehead atoms. The highest BCUT2D eigenvalue weighted by Crippen LogP contribution is 2.32. The van der Waals surface area contributed by atoms with Crippen molar-refractivity contribution in [3.63, 3.8) is 0 Å². The molecule has 0 saturated carbocycles. The zero-order valence-electron chi connectivity index (χ0n) is 14.9. The van der Waals surface area contributed by atoms with Crippen molar-refractivity contribution in [1.29, 1.82) is 0 Å². The Balaban J connectivity index is 1.28. The zero-order chi connectivity index (χ0) is 19.3. The fourth-order valence-electron chi connectivity index (χ4n) is 2.82. The summed E-state index contributed by atoms with van der Waals surface area (Å²) in [4.78, 5) is 25.0. The van der Waals surface area contributed by atoms with Crippen LogP contribution in [0, 0.1) is 0 Å². The van der Waals surface area contributed by atoms with Crippen molar-refractivity contribution in [3.8, 4) is 11.5 Å². The van der Waals surface area contributed by atoms with Gasteiger partial charge in [-0.3, -0.25) is 9.59 Å². The van der Waals surface area contributed by atoms with Gasteiger partial charge in [-0.2, -0.15) is 0 Å². The van der Waals surface area contributed by atoms with E-state index in [0.29, 0.717) is 29.1 Å². The highest BCUT2D eigenvalue weighted by atomic mass is 32.1. The Labute approximate surface area is 166 Å². The SMILES string of the molecule is O=C(NCCc1ccc2c(c1)OCO2)c1ccc(NC(=O)c2cccs2)cc1. The molecule has 2 aromatic carbocycles. The topological polar surface area (TPSA) is 76.7 Å². The lowest BCUT2D eigenvalue weighted by atomic mass is 10.1. The Morgan fingerprint density at radius 2 is 1.79 bits per heavy atom. The quantitative estimate of drug-likeness (QED) is 0.668. The minimum Gasteiger partial charge on any atom is -0.454 e. The van der Waals surface area contributed by atoms with E-state index in [1.165, 1.54) is 11.3 Å². The number of nitrogens with one attached hydrogen (secondary N) is 2. The molecule has 1 aliphatic rings. The lowest BCUT2D eigenvalue weighted by Crippen LogP contribution is -2.25. The third kappa shape index (κ3) is 4.15. The summed E-state index contributed by atoms with van der Waals surface area (Å²) < 4.78 is 10.7. The molecule has 0 saturated heterocycles. The van der Waals surface area contributed by atoms with Crippen molar-refractivity contribution >= 4 is 28.8 Å². The van der Waals surface area contributed by atoms with Crippen molar-refractivity contribution in [2.75, 3.05) is 18.7 Å². The standard InChI is InChI=1S/C21H18N2O4S/c24-20(22-10-9-14-3-8-17-18(12-14)27-13-26-17)15-4-6-16(7-5-15)23-21(25)19-2-1-11-28-19/h1-8,11-12H,9-10,13H2,(H,22,24)(H,23,25). The molecule has 1 aromatic heterocycles. The predicted molar refractivity (Wildman–Crippen MR) is 107 cm³/mol. The number of anilines is 1. The van der Waals surface area contributed by atoms with Crippen molar-refractivity contribution in [3.05, 3.63) is 76.0 Å². The predicted octanol–water partition coefficient (Wildman–Crippen LogP) is 3.70. The van der Waals surface area contributed by atoms with Crippen LogP contribution in [0.25, 0.3) is 0 Å². The van der Waals surface area contributed by atoms with E-state index in [1.807, 2.05) is 29.6 Å². The number of benzene rings is 2. The minimum atomic E-state index is -0.157. The van der Waals surface area contributed by atoms with Crippen molar-refractivity contribution in [2.45, 2.75) is 6.42 Å². The average Bonchev–Trinajstić information content (AvgIpc) is 3.40. The number of hydrogen-bond donors (Lipinski definition) is 2. The van der Waals surface area contributed by atoms with Crippen molar-refractivity contribution < 1.29 is 19.1 Å². The van der Waals surface area contributed by atoms with E-state index in [1.54, 1.807) is 30.3 Å². The summed E-state index contributed by atoms with van der Waals surface area (Å²) in [6, 6.07) is 16.2. The summed E-state index contributed by atoms with van der Waals surface area (Å²) in [6.07, 6.45) is 0.692. The van der Waals surface area contributed by atoms with Crippen LogP contribution in [-0.2, 0) is 6.42 Å². The van der Waals surface area contributed by atoms with Crippen LogP contribution in [0.2, 0.25) is 0 Å². The molecule has 0 unspecified atom stereocenters. The Kier molecular flexibility index (Phi) is 5.25. The fraction of sp³-hybridized carbons (Fsp3) is 0.143. The molecule has 0 atom stereocenters. The van der Waals surface area contributed by atoms with Crippen LogP contribution >= 0.6 is 11.3 Å². The Morgan fingerprint density at radius 1 is 0.964 bits per heavy atom. The molecule has 0 aliphatic carbocycles. The van der Waals surface area contributed by atoms with E-state index in [2.05, 4.69) is 10.6 Å². The first-order chi connectivity index (χ1) is 13.7. The van der Waals surface area contributed by atoms with E-state index >= 15 is 0 Å². The molecule has 0 fully saturated rings. The number of thiophene rings is 1. The first-order valence-corrected chi connectivity index (χ1v) is 9.69. The molecule has 2 amide bonds. The monoisotopic (exact) mass is 394 g/mol. The summed E-state index contributed by atoms with van der Waals surface area (Å²) in [7, 11) is 0. The second kappa shape index (κ2) is 8.14. The zero-order valence-corrected chi connectivity index (χ0v) is 15.8. The minimum absolute atomic E-state index is 0.156. The van der Waals surface area contributed by atoms with Gasteiger partial charge in [-0.1, -0.05) is 12.1 Å². The van der Waals surface area contributed by atoms with Gasteiger partial charge in [0.1, 0.15) is 0 Å². The van der Waals surface area contributed by atoms with Gasteiger partial charge in [0.05, 0.1) is 4.88 Å². The Bertz CT molecular complexity index is 984. The van der Waals surface area contributed by atoms with Gasteiger partial charge in [0.2, 0.25) is 6.79 Å². The molecule has 0 spiro atoms. The van der Waals surface area contributed by atoms with Crippen LogP contribution in [0.4, 0.5) is 5.69 Å². The van der Waals surface area contributed by atoms with E-state index < -0.39 is 0 Å². The molecule has 0 radical (unpaired) electrons. The van der Waals surface area contributed by atoms with Gasteiger partial charge < -0.3 is 20.1 Å². The number of carbonyl (C=O) groups is 2. The Hall–Kier alpha value is -3.32. The van der Waals surface area contributed by atoms with E-state index in [0.717, 1.165) is 17.1 Å². The summed E-state index contributed by atoms with van der Waals surface area (Å²) >= 11 is 1.38. The largest absolute Gasteiger partial charge is 0.454 e. The number of hydrogen-bond acceptors (Lipinski definition) is 5. The first-order valence-electron chi connectivity index (χ1n) is 8.81. The summed E-state index contributed by atoms with van der Waals surface area (Å²) in [5.74, 6) is 1.18. The van der Waals surface area contributed by atoms with Crippen LogP contribution in [0.15, 0.2) is 60.0 Å².